The topological polar surface area (TPSA) is 170 Å². The first-order chi connectivity index (χ1) is 56.2. The second kappa shape index (κ2) is 45.1. The van der Waals surface area contributed by atoms with E-state index in [-0.39, 0.29) is 45.3 Å². The molecule has 3 saturated heterocycles. The molecule has 3 aliphatic heterocycles. The molecule has 0 radical (unpaired) electrons. The van der Waals surface area contributed by atoms with E-state index in [9.17, 15) is 36.4 Å². The third-order valence-electron chi connectivity index (χ3n) is 19.5. The predicted molar refractivity (Wildman–Crippen MR) is 475 cm³/mol. The molecule has 1 N–H and O–H groups in total. The highest BCUT2D eigenvalue weighted by Crippen LogP contribution is 2.40. The Kier molecular flexibility index (Phi) is 35.6. The molecule has 3 heterocycles. The van der Waals surface area contributed by atoms with Crippen molar-refractivity contribution < 1.29 is 60.1 Å². The smallest absolute Gasteiger partial charge is 0.253 e. The lowest BCUT2D eigenvalue weighted by atomic mass is 9.94. The molecule has 0 bridgehead atoms. The van der Waals surface area contributed by atoms with E-state index < -0.39 is 21.7 Å². The van der Waals surface area contributed by atoms with E-state index >= 15 is 0 Å². The van der Waals surface area contributed by atoms with E-state index in [1.54, 1.807) is 108 Å². The summed E-state index contributed by atoms with van der Waals surface area (Å²) in [7, 11) is 4.88. The molecule has 10 aromatic carbocycles. The van der Waals surface area contributed by atoms with Gasteiger partial charge in [-0.05, 0) is 257 Å². The van der Waals surface area contributed by atoms with Gasteiger partial charge in [-0.1, -0.05) is 139 Å². The largest absolute Gasteiger partial charge is 0.380 e. The van der Waals surface area contributed by atoms with Gasteiger partial charge in [-0.25, -0.2) is 17.2 Å². The van der Waals surface area contributed by atoms with Crippen molar-refractivity contribution >= 4 is 115 Å². The fourth-order valence-corrected chi connectivity index (χ4v) is 16.9. The van der Waals surface area contributed by atoms with Crippen molar-refractivity contribution in [2.75, 3.05) is 89.2 Å². The van der Waals surface area contributed by atoms with E-state index in [0.29, 0.717) is 108 Å². The Bertz CT molecular complexity index is 5170. The average Bonchev–Trinajstić information content (AvgIpc) is 1.77. The molecule has 3 amide bonds. The number of ketones is 1. The number of nitrogens with one attached hydrogen (secondary N) is 1. The molecule has 10 aromatic rings. The van der Waals surface area contributed by atoms with Crippen LogP contribution in [0, 0.1) is 17.6 Å². The molecule has 618 valence electrons. The van der Waals surface area contributed by atoms with Gasteiger partial charge in [-0.15, -0.1) is 23.5 Å². The first kappa shape index (κ1) is 92.4. The number of nitrogens with zero attached hydrogens (tertiary/aromatic N) is 3. The average molecular weight is 1730 g/mol. The van der Waals surface area contributed by atoms with Gasteiger partial charge in [0.1, 0.15) is 11.6 Å². The number of Topliss-reactive ketones (excluding diaryl/α,β-unsaturated/α-hetero) is 1. The number of carbonyl (C=O) groups excluding carboxylic acids is 4. The number of likely N-dealkylation sites (tertiary alicyclic amines) is 1. The maximum atomic E-state index is 13.8. The second-order valence-electron chi connectivity index (χ2n) is 28.8. The van der Waals surface area contributed by atoms with Gasteiger partial charge in [0.15, 0.2) is 5.78 Å². The van der Waals surface area contributed by atoms with Crippen LogP contribution >= 0.6 is 69.9 Å². The third kappa shape index (κ3) is 25.6. The fourth-order valence-electron chi connectivity index (χ4n) is 13.8. The van der Waals surface area contributed by atoms with Crippen molar-refractivity contribution in [3.8, 4) is 55.6 Å². The van der Waals surface area contributed by atoms with Crippen molar-refractivity contribution in [3.63, 3.8) is 0 Å². The maximum absolute atomic E-state index is 13.8. The fraction of sp³-hybridized carbons (Fsp3) is 0.312. The highest BCUT2D eigenvalue weighted by molar-refractivity contribution is 7.98. The van der Waals surface area contributed by atoms with Crippen molar-refractivity contribution in [2.45, 2.75) is 115 Å². The van der Waals surface area contributed by atoms with Gasteiger partial charge in [-0.2, -0.15) is 0 Å². The van der Waals surface area contributed by atoms with E-state index in [0.717, 1.165) is 111 Å². The highest BCUT2D eigenvalue weighted by atomic mass is 35.5. The number of methoxy groups -OCH3 is 5. The zero-order valence-corrected chi connectivity index (χ0v) is 73.2. The minimum atomic E-state index is -3.29. The molecule has 0 unspecified atom stereocenters. The van der Waals surface area contributed by atoms with Crippen molar-refractivity contribution in [3.05, 3.63) is 270 Å². The molecule has 0 aliphatic carbocycles. The number of hydrogen-bond donors (Lipinski definition) is 1. The third-order valence-corrected chi connectivity index (χ3v) is 24.0. The molecule has 13 rings (SSSR count). The quantitative estimate of drug-likeness (QED) is 0.0424. The van der Waals surface area contributed by atoms with Crippen LogP contribution in [0.25, 0.3) is 55.6 Å². The number of hydrogen-bond acceptors (Lipinski definition) is 13. The van der Waals surface area contributed by atoms with Crippen LogP contribution in [-0.2, 0) is 71.5 Å². The summed E-state index contributed by atoms with van der Waals surface area (Å²) in [6.45, 7) is 12.9. The lowest BCUT2D eigenvalue weighted by Gasteiger charge is -2.21. The second-order valence-corrected chi connectivity index (χ2v) is 34.3. The summed E-state index contributed by atoms with van der Waals surface area (Å²) in [5, 5.41) is 4.16. The number of carbonyl (C=O) groups is 4. The SMILES string of the molecule is COCc1cc(C(=O)CC(C)C)ccc1-c1ccc(Cl)c(F)c1.COCc1cc(C(=O)N2CCCC2)ccc1-c1ccc(Cl)c(F)c1.COCc1cc(C(=O)NC(C)C)ccc1-c1ccc(SC)cc1.COCc1cc(N2CCCC2=O)ccc1-c1ccc(SC)cc1.COCc1cc(N2CCCS2(=O)=O)c(Cl)cc1-c1ccc(Cl)cc1. The van der Waals surface area contributed by atoms with E-state index in [1.807, 2.05) is 98.2 Å². The van der Waals surface area contributed by atoms with Crippen molar-refractivity contribution in [1.82, 2.24) is 10.2 Å². The minimum Gasteiger partial charge on any atom is -0.380 e. The standard InChI is InChI=1S/C19H19ClFNO2.C19H20ClFO2.C19H21NO2S.C19H23NO2S.C17H17Cl2NO3S/c1-24-12-15-10-14(19(23)22-8-2-3-9-22)4-6-16(15)13-5-7-17(20)18(21)11-13;1-12(2)8-19(22)14-4-6-16(15(9-14)11-23-3)13-5-7-17(20)18(21)10-13;1-22-13-15-12-16(20-11-3-4-19(20)21)7-10-18(15)14-5-8-17(23-2)9-6-14;1-13(2)20-19(21)15-7-10-18(16(11-15)12-22-3)14-5-8-17(23-4)9-6-14;1-23-11-13-9-17(20-7-2-8-24(20,21)22)16(19)10-15(13)12-3-5-14(18)6-4-12/h4-7,10-11H,2-3,8-9,12H2,1H3;4-7,9-10,12H,8,11H2,1-3H3;5-10,12H,3-4,11,13H2,1-2H3;5-11,13H,12H2,1-4H3,(H,20,21);3-6,9-10H,2,7-8,11H2,1H3. The molecule has 117 heavy (non-hydrogen) atoms. The molecular formula is C93H100Cl4F2N4O11S3. The van der Waals surface area contributed by atoms with Gasteiger partial charge in [0.05, 0.1) is 59.5 Å². The number of anilines is 2. The summed E-state index contributed by atoms with van der Waals surface area (Å²) in [6.07, 6.45) is 8.95. The van der Waals surface area contributed by atoms with Crippen LogP contribution in [0.15, 0.2) is 204 Å². The number of sulfonamides is 1. The highest BCUT2D eigenvalue weighted by Gasteiger charge is 2.31. The Morgan fingerprint density at radius 2 is 0.889 bits per heavy atom. The minimum absolute atomic E-state index is 0.0405. The Labute approximate surface area is 716 Å². The van der Waals surface area contributed by atoms with Crippen LogP contribution in [0.1, 0.15) is 125 Å². The van der Waals surface area contributed by atoms with Crippen LogP contribution in [0.3, 0.4) is 0 Å². The summed E-state index contributed by atoms with van der Waals surface area (Å²) >= 11 is 27.3. The summed E-state index contributed by atoms with van der Waals surface area (Å²) in [5.41, 5.74) is 17.7. The van der Waals surface area contributed by atoms with E-state index in [1.165, 1.54) is 43.9 Å². The Hall–Kier alpha value is -8.45. The van der Waals surface area contributed by atoms with Crippen LogP contribution in [0.4, 0.5) is 20.2 Å². The summed E-state index contributed by atoms with van der Waals surface area (Å²) in [5.74, 6) is -0.167. The summed E-state index contributed by atoms with van der Waals surface area (Å²) in [4.78, 5) is 55.2. The first-order valence-corrected chi connectivity index (χ1v) is 44.0. The number of benzene rings is 10. The predicted octanol–water partition coefficient (Wildman–Crippen LogP) is 23.1. The molecule has 0 atom stereocenters. The molecule has 3 aliphatic rings. The summed E-state index contributed by atoms with van der Waals surface area (Å²) < 4.78 is 79.7. The van der Waals surface area contributed by atoms with E-state index in [2.05, 4.69) is 78.5 Å². The molecule has 15 nitrogen and oxygen atoms in total. The molecule has 3 fully saturated rings. The van der Waals surface area contributed by atoms with Crippen LogP contribution in [0.2, 0.25) is 20.1 Å². The molecule has 0 saturated carbocycles. The molecule has 0 aromatic heterocycles. The number of rotatable bonds is 25. The number of halogens is 6. The Morgan fingerprint density at radius 3 is 1.33 bits per heavy atom. The molecule has 0 spiro atoms. The molecule has 24 heteroatoms. The van der Waals surface area contributed by atoms with Crippen molar-refractivity contribution in [1.29, 1.82) is 0 Å². The zero-order valence-electron chi connectivity index (χ0n) is 67.8. The lowest BCUT2D eigenvalue weighted by Crippen LogP contribution is -2.30. The first-order valence-electron chi connectivity index (χ1n) is 38.4. The summed E-state index contributed by atoms with van der Waals surface area (Å²) in [6, 6.07) is 60.4. The van der Waals surface area contributed by atoms with Crippen LogP contribution in [-0.4, -0.2) is 123 Å². The van der Waals surface area contributed by atoms with Gasteiger partial charge in [0.2, 0.25) is 15.9 Å². The van der Waals surface area contributed by atoms with Gasteiger partial charge >= 0.3 is 0 Å². The Morgan fingerprint density at radius 1 is 0.462 bits per heavy atom. The molecular weight excluding hydrogens is 1630 g/mol. The van der Waals surface area contributed by atoms with Gasteiger partial charge in [0, 0.05) is 118 Å². The Balaban J connectivity index is 0.000000167. The van der Waals surface area contributed by atoms with Crippen molar-refractivity contribution in [2.24, 2.45) is 5.92 Å². The normalized spacial score (nSPS) is 13.5. The number of ether oxygens (including phenoxy) is 5. The van der Waals surface area contributed by atoms with E-state index in [4.69, 9.17) is 70.1 Å². The zero-order chi connectivity index (χ0) is 84.5. The monoisotopic (exact) mass is 1720 g/mol. The van der Waals surface area contributed by atoms with Crippen LogP contribution < -0.4 is 14.5 Å². The van der Waals surface area contributed by atoms with Crippen LogP contribution in [0.5, 0.6) is 0 Å². The lowest BCUT2D eigenvalue weighted by molar-refractivity contribution is -0.117. The van der Waals surface area contributed by atoms with Gasteiger partial charge in [0.25, 0.3) is 11.8 Å². The number of thioether (sulfide) groups is 2. The van der Waals surface area contributed by atoms with Gasteiger partial charge < -0.3 is 38.8 Å². The maximum Gasteiger partial charge on any atom is 0.253 e. The number of amides is 3. The van der Waals surface area contributed by atoms with Gasteiger partial charge in [-0.3, -0.25) is 23.5 Å².